The molecule has 0 aliphatic carbocycles. The van der Waals surface area contributed by atoms with Crippen molar-refractivity contribution in [2.75, 3.05) is 0 Å². The highest BCUT2D eigenvalue weighted by Gasteiger charge is 2.10. The van der Waals surface area contributed by atoms with E-state index in [1.54, 1.807) is 24.3 Å². The Kier molecular flexibility index (Phi) is 8.52. The van der Waals surface area contributed by atoms with E-state index in [9.17, 15) is 19.8 Å². The number of hydrogen-bond donors (Lipinski definition) is 2. The zero-order valence-corrected chi connectivity index (χ0v) is 16.9. The van der Waals surface area contributed by atoms with Crippen LogP contribution in [0.15, 0.2) is 36.4 Å². The van der Waals surface area contributed by atoms with Crippen LogP contribution in [0.2, 0.25) is 0 Å². The number of aromatic hydroxyl groups is 2. The topological polar surface area (TPSA) is 93.1 Å². The second-order valence-corrected chi connectivity index (χ2v) is 6.88. The summed E-state index contributed by atoms with van der Waals surface area (Å²) in [5.41, 5.74) is 1.48. The zero-order chi connectivity index (χ0) is 21.2. The van der Waals surface area contributed by atoms with Crippen LogP contribution in [0.5, 0.6) is 23.0 Å². The van der Waals surface area contributed by atoms with E-state index in [-0.39, 0.29) is 23.4 Å². The molecule has 0 unspecified atom stereocenters. The highest BCUT2D eigenvalue weighted by atomic mass is 16.5. The molecule has 0 spiro atoms. The molecule has 0 amide bonds. The Morgan fingerprint density at radius 2 is 1.17 bits per heavy atom. The minimum Gasteiger partial charge on any atom is -0.508 e. The molecule has 29 heavy (non-hydrogen) atoms. The summed E-state index contributed by atoms with van der Waals surface area (Å²) in [6.45, 7) is 3.79. The molecule has 2 aromatic rings. The predicted octanol–water partition coefficient (Wildman–Crippen LogP) is 4.68. The summed E-state index contributed by atoms with van der Waals surface area (Å²) >= 11 is 0. The molecule has 0 saturated carbocycles. The van der Waals surface area contributed by atoms with Crippen LogP contribution in [0.1, 0.15) is 57.1 Å². The van der Waals surface area contributed by atoms with Gasteiger partial charge in [0, 0.05) is 25.0 Å². The maximum Gasteiger partial charge on any atom is 0.311 e. The van der Waals surface area contributed by atoms with Crippen molar-refractivity contribution in [2.24, 2.45) is 0 Å². The Labute approximate surface area is 171 Å². The molecule has 0 aliphatic rings. The first-order valence-corrected chi connectivity index (χ1v) is 9.98. The summed E-state index contributed by atoms with van der Waals surface area (Å²) in [6, 6.07) is 9.69. The SMILES string of the molecule is CCCC(=O)Oc1ccc(CCCc2ccc(OC(=O)CCC)cc2O)c(O)c1. The van der Waals surface area contributed by atoms with Gasteiger partial charge in [0.25, 0.3) is 0 Å². The van der Waals surface area contributed by atoms with Gasteiger partial charge >= 0.3 is 11.9 Å². The minimum absolute atomic E-state index is 0.0780. The van der Waals surface area contributed by atoms with E-state index in [1.807, 2.05) is 13.8 Å². The van der Waals surface area contributed by atoms with E-state index in [2.05, 4.69) is 0 Å². The Morgan fingerprint density at radius 1 is 0.759 bits per heavy atom. The second-order valence-electron chi connectivity index (χ2n) is 6.88. The minimum atomic E-state index is -0.320. The van der Waals surface area contributed by atoms with Gasteiger partial charge in [0.1, 0.15) is 23.0 Å². The summed E-state index contributed by atoms with van der Waals surface area (Å²) in [7, 11) is 0. The third-order valence-electron chi connectivity index (χ3n) is 4.38. The summed E-state index contributed by atoms with van der Waals surface area (Å²) in [6.07, 6.45) is 3.98. The third-order valence-corrected chi connectivity index (χ3v) is 4.38. The number of hydrogen-bond acceptors (Lipinski definition) is 6. The molecule has 0 heterocycles. The number of rotatable bonds is 10. The van der Waals surface area contributed by atoms with Crippen molar-refractivity contribution in [3.63, 3.8) is 0 Å². The summed E-state index contributed by atoms with van der Waals surface area (Å²) in [4.78, 5) is 23.1. The van der Waals surface area contributed by atoms with E-state index >= 15 is 0 Å². The summed E-state index contributed by atoms with van der Waals surface area (Å²) in [5, 5.41) is 20.3. The maximum absolute atomic E-state index is 11.5. The number of carbonyl (C=O) groups is 2. The molecule has 0 bridgehead atoms. The predicted molar refractivity (Wildman–Crippen MR) is 109 cm³/mol. The zero-order valence-electron chi connectivity index (χ0n) is 16.9. The molecule has 0 radical (unpaired) electrons. The Bertz CT molecular complexity index is 774. The van der Waals surface area contributed by atoms with Gasteiger partial charge in [-0.05, 0) is 55.4 Å². The molecule has 0 fully saturated rings. The number of carbonyl (C=O) groups excluding carboxylic acids is 2. The molecule has 6 heteroatoms. The van der Waals surface area contributed by atoms with Gasteiger partial charge in [0.05, 0.1) is 0 Å². The molecule has 2 N–H and O–H groups in total. The van der Waals surface area contributed by atoms with E-state index in [0.29, 0.717) is 56.4 Å². The molecule has 2 aromatic carbocycles. The lowest BCUT2D eigenvalue weighted by molar-refractivity contribution is -0.135. The Balaban J connectivity index is 1.89. The average molecular weight is 400 g/mol. The summed E-state index contributed by atoms with van der Waals surface area (Å²) < 4.78 is 10.3. The van der Waals surface area contributed by atoms with E-state index in [1.165, 1.54) is 12.1 Å². The van der Waals surface area contributed by atoms with Crippen molar-refractivity contribution in [3.05, 3.63) is 47.5 Å². The van der Waals surface area contributed by atoms with Crippen LogP contribution in [0.25, 0.3) is 0 Å². The monoisotopic (exact) mass is 400 g/mol. The smallest absolute Gasteiger partial charge is 0.311 e. The van der Waals surface area contributed by atoms with Gasteiger partial charge in [-0.2, -0.15) is 0 Å². The lowest BCUT2D eigenvalue weighted by atomic mass is 10.0. The lowest BCUT2D eigenvalue weighted by Gasteiger charge is -2.10. The van der Waals surface area contributed by atoms with Crippen LogP contribution < -0.4 is 9.47 Å². The number of phenolic OH excluding ortho intramolecular Hbond substituents is 2. The van der Waals surface area contributed by atoms with Gasteiger partial charge in [-0.3, -0.25) is 9.59 Å². The van der Waals surface area contributed by atoms with Crippen molar-refractivity contribution >= 4 is 11.9 Å². The van der Waals surface area contributed by atoms with Crippen LogP contribution in [-0.4, -0.2) is 22.2 Å². The number of ether oxygens (including phenoxy) is 2. The van der Waals surface area contributed by atoms with Crippen molar-refractivity contribution in [3.8, 4) is 23.0 Å². The number of benzene rings is 2. The van der Waals surface area contributed by atoms with Gasteiger partial charge in [-0.15, -0.1) is 0 Å². The first-order valence-electron chi connectivity index (χ1n) is 9.98. The van der Waals surface area contributed by atoms with E-state index < -0.39 is 0 Å². The molecule has 0 atom stereocenters. The van der Waals surface area contributed by atoms with Crippen LogP contribution >= 0.6 is 0 Å². The molecular weight excluding hydrogens is 372 g/mol. The van der Waals surface area contributed by atoms with Gasteiger partial charge < -0.3 is 19.7 Å². The first kappa shape index (κ1) is 22.3. The van der Waals surface area contributed by atoms with Crippen LogP contribution in [-0.2, 0) is 22.4 Å². The van der Waals surface area contributed by atoms with Gasteiger partial charge in [-0.1, -0.05) is 26.0 Å². The average Bonchev–Trinajstić information content (AvgIpc) is 2.65. The number of phenols is 2. The number of esters is 2. The van der Waals surface area contributed by atoms with Crippen molar-refractivity contribution in [1.82, 2.24) is 0 Å². The maximum atomic E-state index is 11.5. The van der Waals surface area contributed by atoms with Crippen molar-refractivity contribution in [2.45, 2.75) is 58.8 Å². The largest absolute Gasteiger partial charge is 0.508 e. The van der Waals surface area contributed by atoms with Crippen LogP contribution in [0, 0.1) is 0 Å². The fourth-order valence-electron chi connectivity index (χ4n) is 2.88. The molecule has 6 nitrogen and oxygen atoms in total. The summed E-state index contributed by atoms with van der Waals surface area (Å²) in [5.74, 6) is 0.174. The van der Waals surface area contributed by atoms with E-state index in [4.69, 9.17) is 9.47 Å². The van der Waals surface area contributed by atoms with Crippen LogP contribution in [0.4, 0.5) is 0 Å². The fourth-order valence-corrected chi connectivity index (χ4v) is 2.88. The highest BCUT2D eigenvalue weighted by Crippen LogP contribution is 2.28. The molecule has 0 saturated heterocycles. The quantitative estimate of drug-likeness (QED) is 0.444. The third kappa shape index (κ3) is 7.14. The fraction of sp³-hybridized carbons (Fsp3) is 0.391. The van der Waals surface area contributed by atoms with Crippen molar-refractivity contribution < 1.29 is 29.3 Å². The van der Waals surface area contributed by atoms with E-state index in [0.717, 1.165) is 11.1 Å². The van der Waals surface area contributed by atoms with Crippen LogP contribution in [0.3, 0.4) is 0 Å². The van der Waals surface area contributed by atoms with Gasteiger partial charge in [0.2, 0.25) is 0 Å². The molecule has 0 aromatic heterocycles. The first-order chi connectivity index (χ1) is 13.9. The standard InChI is InChI=1S/C23H28O6/c1-3-6-22(26)28-18-12-10-16(20(24)14-18)8-5-9-17-11-13-19(15-21(17)25)29-23(27)7-4-2/h10-15,24-25H,3-9H2,1-2H3. The Morgan fingerprint density at radius 3 is 1.52 bits per heavy atom. The highest BCUT2D eigenvalue weighted by molar-refractivity contribution is 5.73. The molecular formula is C23H28O6. The number of aryl methyl sites for hydroxylation is 2. The second kappa shape index (κ2) is 11.1. The molecule has 156 valence electrons. The molecule has 0 aliphatic heterocycles. The van der Waals surface area contributed by atoms with Crippen molar-refractivity contribution in [1.29, 1.82) is 0 Å². The van der Waals surface area contributed by atoms with Gasteiger partial charge in [0.15, 0.2) is 0 Å². The Hall–Kier alpha value is -3.02. The lowest BCUT2D eigenvalue weighted by Crippen LogP contribution is -2.07. The molecule has 2 rings (SSSR count). The van der Waals surface area contributed by atoms with Gasteiger partial charge in [-0.25, -0.2) is 0 Å². The normalized spacial score (nSPS) is 10.6.